The van der Waals surface area contributed by atoms with Crippen LogP contribution in [0.15, 0.2) is 47.5 Å². The third kappa shape index (κ3) is 4.18. The van der Waals surface area contributed by atoms with E-state index in [0.717, 1.165) is 54.6 Å². The average Bonchev–Trinajstić information content (AvgIpc) is 2.71. The summed E-state index contributed by atoms with van der Waals surface area (Å²) in [5, 5.41) is 8.24. The second-order valence-electron chi connectivity index (χ2n) is 7.81. The van der Waals surface area contributed by atoms with Gasteiger partial charge in [-0.15, -0.1) is 0 Å². The second-order valence-corrected chi connectivity index (χ2v) is 8.24. The predicted molar refractivity (Wildman–Crippen MR) is 117 cm³/mol. The largest absolute Gasteiger partial charge is 0.384 e. The Bertz CT molecular complexity index is 859. The van der Waals surface area contributed by atoms with E-state index in [9.17, 15) is 0 Å². The maximum Gasteiger partial charge on any atom is 0.128 e. The molecule has 2 aromatic carbocycles. The van der Waals surface area contributed by atoms with Crippen molar-refractivity contribution in [3.05, 3.63) is 58.6 Å². The molecule has 1 saturated carbocycles. The van der Waals surface area contributed by atoms with Gasteiger partial charge in [0.2, 0.25) is 0 Å². The summed E-state index contributed by atoms with van der Waals surface area (Å²) < 4.78 is 5.22. The lowest BCUT2D eigenvalue weighted by Crippen LogP contribution is -2.54. The monoisotopic (exact) mass is 397 g/mol. The van der Waals surface area contributed by atoms with E-state index >= 15 is 0 Å². The van der Waals surface area contributed by atoms with Gasteiger partial charge < -0.3 is 15.4 Å². The molecule has 0 atom stereocenters. The van der Waals surface area contributed by atoms with Crippen molar-refractivity contribution in [1.82, 2.24) is 5.32 Å². The number of methoxy groups -OCH3 is 1. The molecule has 0 amide bonds. The molecule has 0 unspecified atom stereocenters. The van der Waals surface area contributed by atoms with Crippen molar-refractivity contribution in [2.75, 3.05) is 19.0 Å². The van der Waals surface area contributed by atoms with Crippen LogP contribution in [0.3, 0.4) is 0 Å². The molecule has 0 radical (unpaired) electrons. The molecular formula is C23H28ClN3O. The third-order valence-electron chi connectivity index (χ3n) is 5.77. The van der Waals surface area contributed by atoms with E-state index in [1.54, 1.807) is 7.11 Å². The van der Waals surface area contributed by atoms with Crippen molar-refractivity contribution in [3.8, 4) is 0 Å². The van der Waals surface area contributed by atoms with Gasteiger partial charge in [-0.05, 0) is 54.7 Å². The van der Waals surface area contributed by atoms with Gasteiger partial charge >= 0.3 is 0 Å². The lowest BCUT2D eigenvalue weighted by molar-refractivity contribution is 0.202. The molecule has 148 valence electrons. The van der Waals surface area contributed by atoms with Crippen molar-refractivity contribution >= 4 is 28.8 Å². The second kappa shape index (κ2) is 8.54. The number of aliphatic imine (C=N–C) groups is 1. The molecule has 4 rings (SSSR count). The number of nitrogens with zero attached hydrogens (tertiary/aromatic N) is 1. The summed E-state index contributed by atoms with van der Waals surface area (Å²) in [6, 6.07) is 14.5. The van der Waals surface area contributed by atoms with Crippen LogP contribution >= 0.6 is 11.6 Å². The number of rotatable bonds is 5. The predicted octanol–water partition coefficient (Wildman–Crippen LogP) is 5.48. The topological polar surface area (TPSA) is 45.6 Å². The third-order valence-corrected chi connectivity index (χ3v) is 6.01. The lowest BCUT2D eigenvalue weighted by Gasteiger charge is -2.42. The zero-order valence-electron chi connectivity index (χ0n) is 16.4. The molecule has 5 heteroatoms. The minimum atomic E-state index is -0.0854. The first-order valence-corrected chi connectivity index (χ1v) is 10.5. The van der Waals surface area contributed by atoms with Gasteiger partial charge in [-0.1, -0.05) is 49.1 Å². The van der Waals surface area contributed by atoms with Gasteiger partial charge in [0.25, 0.3) is 0 Å². The van der Waals surface area contributed by atoms with E-state index < -0.39 is 0 Å². The maximum atomic E-state index is 6.15. The van der Waals surface area contributed by atoms with E-state index in [0.29, 0.717) is 0 Å². The SMILES string of the molecule is COCCc1ccc2c(c1)N=C(NCc1cccc(Cl)c1)C1(CCCCC1)N2. The number of hydrogen-bond donors (Lipinski definition) is 2. The standard InChI is InChI=1S/C23H28ClN3O/c1-28-13-10-17-8-9-20-21(15-17)26-22(23(27-20)11-3-2-4-12-23)25-16-18-6-5-7-19(24)14-18/h5-9,14-15,27H,2-4,10-13,16H2,1H3,(H,25,26). The minimum Gasteiger partial charge on any atom is -0.384 e. The van der Waals surface area contributed by atoms with E-state index in [1.807, 2.05) is 18.2 Å². The van der Waals surface area contributed by atoms with Gasteiger partial charge in [0, 0.05) is 18.7 Å². The summed E-state index contributed by atoms with van der Waals surface area (Å²) in [6.07, 6.45) is 6.88. The summed E-state index contributed by atoms with van der Waals surface area (Å²) >= 11 is 6.15. The number of amidine groups is 1. The number of halogens is 1. The molecule has 1 aliphatic carbocycles. The highest BCUT2D eigenvalue weighted by Crippen LogP contribution is 2.40. The Morgan fingerprint density at radius 3 is 2.75 bits per heavy atom. The molecular weight excluding hydrogens is 370 g/mol. The quantitative estimate of drug-likeness (QED) is 0.702. The highest BCUT2D eigenvalue weighted by Gasteiger charge is 2.40. The van der Waals surface area contributed by atoms with Crippen LogP contribution in [0.5, 0.6) is 0 Å². The molecule has 1 spiro atoms. The van der Waals surface area contributed by atoms with Gasteiger partial charge in [-0.25, -0.2) is 4.99 Å². The number of anilines is 1. The molecule has 1 fully saturated rings. The van der Waals surface area contributed by atoms with Crippen LogP contribution in [-0.4, -0.2) is 25.1 Å². The number of benzene rings is 2. The maximum absolute atomic E-state index is 6.15. The fourth-order valence-corrected chi connectivity index (χ4v) is 4.47. The molecule has 4 nitrogen and oxygen atoms in total. The normalized spacial score (nSPS) is 17.6. The molecule has 1 heterocycles. The van der Waals surface area contributed by atoms with Gasteiger partial charge in [-0.3, -0.25) is 0 Å². The molecule has 0 bridgehead atoms. The average molecular weight is 398 g/mol. The van der Waals surface area contributed by atoms with Crippen molar-refractivity contribution in [3.63, 3.8) is 0 Å². The van der Waals surface area contributed by atoms with Crippen molar-refractivity contribution in [2.24, 2.45) is 4.99 Å². The summed E-state index contributed by atoms with van der Waals surface area (Å²) in [4.78, 5) is 5.10. The molecule has 0 aromatic heterocycles. The summed E-state index contributed by atoms with van der Waals surface area (Å²) in [5.74, 6) is 1.06. The zero-order valence-corrected chi connectivity index (χ0v) is 17.2. The molecule has 2 aromatic rings. The van der Waals surface area contributed by atoms with Gasteiger partial charge in [0.15, 0.2) is 0 Å². The molecule has 28 heavy (non-hydrogen) atoms. The van der Waals surface area contributed by atoms with Gasteiger partial charge in [0.1, 0.15) is 5.84 Å². The Balaban J connectivity index is 1.61. The molecule has 0 saturated heterocycles. The van der Waals surface area contributed by atoms with Gasteiger partial charge in [-0.2, -0.15) is 0 Å². The fourth-order valence-electron chi connectivity index (χ4n) is 4.25. The summed E-state index contributed by atoms with van der Waals surface area (Å²) in [6.45, 7) is 1.45. The van der Waals surface area contributed by atoms with Crippen molar-refractivity contribution in [1.29, 1.82) is 0 Å². The van der Waals surface area contributed by atoms with Gasteiger partial charge in [0.05, 0.1) is 23.5 Å². The van der Waals surface area contributed by atoms with E-state index in [2.05, 4.69) is 34.9 Å². The van der Waals surface area contributed by atoms with Crippen LogP contribution in [0, 0.1) is 0 Å². The number of ether oxygens (including phenoxy) is 1. The van der Waals surface area contributed by atoms with Crippen LogP contribution < -0.4 is 10.6 Å². The summed E-state index contributed by atoms with van der Waals surface area (Å²) in [7, 11) is 1.74. The number of hydrogen-bond acceptors (Lipinski definition) is 4. The molecule has 2 aliphatic rings. The van der Waals surface area contributed by atoms with E-state index in [1.165, 1.54) is 30.4 Å². The Kier molecular flexibility index (Phi) is 5.88. The number of nitrogens with one attached hydrogen (secondary N) is 2. The lowest BCUT2D eigenvalue weighted by atomic mass is 9.79. The van der Waals surface area contributed by atoms with Crippen LogP contribution in [0.1, 0.15) is 43.2 Å². The summed E-state index contributed by atoms with van der Waals surface area (Å²) in [5.41, 5.74) is 4.48. The Morgan fingerprint density at radius 1 is 1.11 bits per heavy atom. The smallest absolute Gasteiger partial charge is 0.128 e. The first-order chi connectivity index (χ1) is 13.7. The Labute approximate surface area is 172 Å². The van der Waals surface area contributed by atoms with E-state index in [-0.39, 0.29) is 5.54 Å². The van der Waals surface area contributed by atoms with Crippen molar-refractivity contribution in [2.45, 2.75) is 50.6 Å². The van der Waals surface area contributed by atoms with Crippen molar-refractivity contribution < 1.29 is 4.74 Å². The molecule has 1 aliphatic heterocycles. The first kappa shape index (κ1) is 19.3. The highest BCUT2D eigenvalue weighted by molar-refractivity contribution is 6.30. The van der Waals surface area contributed by atoms with Crippen LogP contribution in [-0.2, 0) is 17.7 Å². The van der Waals surface area contributed by atoms with E-state index in [4.69, 9.17) is 21.3 Å². The zero-order chi connectivity index (χ0) is 19.4. The number of fused-ring (bicyclic) bond motifs is 1. The Hall–Kier alpha value is -2.04. The Morgan fingerprint density at radius 2 is 1.96 bits per heavy atom. The fraction of sp³-hybridized carbons (Fsp3) is 0.435. The van der Waals surface area contributed by atoms with Crippen LogP contribution in [0.2, 0.25) is 5.02 Å². The van der Waals surface area contributed by atoms with Crippen LogP contribution in [0.4, 0.5) is 11.4 Å². The van der Waals surface area contributed by atoms with Crippen LogP contribution in [0.25, 0.3) is 0 Å². The minimum absolute atomic E-state index is 0.0854. The first-order valence-electron chi connectivity index (χ1n) is 10.2. The highest BCUT2D eigenvalue weighted by atomic mass is 35.5. The molecule has 2 N–H and O–H groups in total.